The van der Waals surface area contributed by atoms with Gasteiger partial charge in [0.2, 0.25) is 0 Å². The summed E-state index contributed by atoms with van der Waals surface area (Å²) in [5.41, 5.74) is 10.2. The molecule has 25 heavy (non-hydrogen) atoms. The van der Waals surface area contributed by atoms with Gasteiger partial charge in [0.1, 0.15) is 0 Å². The van der Waals surface area contributed by atoms with E-state index in [0.717, 1.165) is 12.3 Å². The summed E-state index contributed by atoms with van der Waals surface area (Å²) in [4.78, 5) is 0. The highest BCUT2D eigenvalue weighted by Crippen LogP contribution is 2.37. The van der Waals surface area contributed by atoms with E-state index < -0.39 is 0 Å². The molecule has 2 aromatic carbocycles. The smallest absolute Gasteiger partial charge is 0.00575 e. The summed E-state index contributed by atoms with van der Waals surface area (Å²) < 4.78 is 0. The topological polar surface area (TPSA) is 0 Å². The number of rotatable bonds is 5. The Kier molecular flexibility index (Phi) is 5.18. The molecular formula is C25H32. The Morgan fingerprint density at radius 2 is 1.48 bits per heavy atom. The van der Waals surface area contributed by atoms with E-state index in [1.165, 1.54) is 39.8 Å². The summed E-state index contributed by atoms with van der Waals surface area (Å²) in [6, 6.07) is 14.0. The Bertz CT molecular complexity index is 761. The van der Waals surface area contributed by atoms with E-state index >= 15 is 0 Å². The minimum absolute atomic E-state index is 0.557. The van der Waals surface area contributed by atoms with Crippen molar-refractivity contribution < 1.29 is 0 Å². The summed E-state index contributed by atoms with van der Waals surface area (Å²) in [7, 11) is 0. The van der Waals surface area contributed by atoms with Gasteiger partial charge < -0.3 is 0 Å². The molecule has 0 nitrogen and oxygen atoms in total. The second-order valence-corrected chi connectivity index (χ2v) is 8.65. The maximum absolute atomic E-state index is 2.46. The van der Waals surface area contributed by atoms with Crippen LogP contribution in [-0.2, 0) is 6.42 Å². The highest BCUT2D eigenvalue weighted by Gasteiger charge is 2.18. The molecule has 0 saturated heterocycles. The molecule has 0 unspecified atom stereocenters. The zero-order valence-corrected chi connectivity index (χ0v) is 16.7. The molecule has 132 valence electrons. The van der Waals surface area contributed by atoms with Crippen LogP contribution in [0, 0.1) is 5.92 Å². The first-order valence-corrected chi connectivity index (χ1v) is 9.81. The van der Waals surface area contributed by atoms with Gasteiger partial charge in [0, 0.05) is 0 Å². The zero-order chi connectivity index (χ0) is 18.1. The Labute approximate surface area is 154 Å². The predicted octanol–water partition coefficient (Wildman–Crippen LogP) is 7.59. The van der Waals surface area contributed by atoms with E-state index in [1.54, 1.807) is 5.57 Å². The Hall–Kier alpha value is -1.82. The van der Waals surface area contributed by atoms with Crippen LogP contribution in [0.3, 0.4) is 0 Å². The number of hydrogen-bond donors (Lipinski definition) is 0. The SMILES string of the molecule is CC(C)CC1=Cc2c(cccc2-c2cc(C(C)C)cc(C(C)C)c2)C1. The first-order chi connectivity index (χ1) is 11.8. The van der Waals surface area contributed by atoms with Crippen molar-refractivity contribution in [2.75, 3.05) is 0 Å². The van der Waals surface area contributed by atoms with Crippen molar-refractivity contribution >= 4 is 6.08 Å². The fourth-order valence-corrected chi connectivity index (χ4v) is 3.84. The molecule has 0 saturated carbocycles. The fraction of sp³-hybridized carbons (Fsp3) is 0.440. The summed E-state index contributed by atoms with van der Waals surface area (Å²) >= 11 is 0. The van der Waals surface area contributed by atoms with Gasteiger partial charge in [-0.1, -0.05) is 89.6 Å². The van der Waals surface area contributed by atoms with Crippen molar-refractivity contribution in [3.05, 3.63) is 64.2 Å². The Morgan fingerprint density at radius 1 is 0.840 bits per heavy atom. The number of allylic oxidation sites excluding steroid dienone is 1. The third-order valence-corrected chi connectivity index (χ3v) is 5.25. The van der Waals surface area contributed by atoms with Crippen molar-refractivity contribution in [2.24, 2.45) is 5.92 Å². The second-order valence-electron chi connectivity index (χ2n) is 8.65. The third-order valence-electron chi connectivity index (χ3n) is 5.25. The van der Waals surface area contributed by atoms with E-state index in [0.29, 0.717) is 11.8 Å². The quantitative estimate of drug-likeness (QED) is 0.529. The molecular weight excluding hydrogens is 300 g/mol. The molecule has 2 aromatic rings. The molecule has 0 N–H and O–H groups in total. The van der Waals surface area contributed by atoms with E-state index in [9.17, 15) is 0 Å². The van der Waals surface area contributed by atoms with Crippen LogP contribution in [0.1, 0.15) is 82.1 Å². The average molecular weight is 333 g/mol. The normalized spacial score (nSPS) is 13.7. The molecule has 0 heterocycles. The highest BCUT2D eigenvalue weighted by molar-refractivity contribution is 5.81. The Balaban J connectivity index is 2.10. The standard InChI is InChI=1S/C25H32/c1-16(2)10-19-11-20-8-7-9-24(25(20)12-19)23-14-21(17(3)4)13-22(15-23)18(5)6/h7-9,12-18H,10-11H2,1-6H3. The van der Waals surface area contributed by atoms with Crippen LogP contribution >= 0.6 is 0 Å². The van der Waals surface area contributed by atoms with Crippen molar-refractivity contribution in [1.29, 1.82) is 0 Å². The highest BCUT2D eigenvalue weighted by atomic mass is 14.2. The maximum atomic E-state index is 2.46. The van der Waals surface area contributed by atoms with Crippen LogP contribution in [0.25, 0.3) is 17.2 Å². The molecule has 1 aliphatic carbocycles. The molecule has 0 aromatic heterocycles. The van der Waals surface area contributed by atoms with Crippen LogP contribution in [0.2, 0.25) is 0 Å². The molecule has 3 rings (SSSR count). The van der Waals surface area contributed by atoms with E-state index in [1.807, 2.05) is 0 Å². The van der Waals surface area contributed by atoms with Crippen LogP contribution in [0.5, 0.6) is 0 Å². The van der Waals surface area contributed by atoms with E-state index in [2.05, 4.69) is 84.0 Å². The van der Waals surface area contributed by atoms with Gasteiger partial charge >= 0.3 is 0 Å². The molecule has 0 fully saturated rings. The van der Waals surface area contributed by atoms with Crippen LogP contribution in [-0.4, -0.2) is 0 Å². The monoisotopic (exact) mass is 332 g/mol. The zero-order valence-electron chi connectivity index (χ0n) is 16.7. The van der Waals surface area contributed by atoms with Gasteiger partial charge in [0.05, 0.1) is 0 Å². The first-order valence-electron chi connectivity index (χ1n) is 9.81. The van der Waals surface area contributed by atoms with Crippen LogP contribution in [0.4, 0.5) is 0 Å². The lowest BCUT2D eigenvalue weighted by Crippen LogP contribution is -1.96. The summed E-state index contributed by atoms with van der Waals surface area (Å²) in [6.07, 6.45) is 4.79. The van der Waals surface area contributed by atoms with Crippen molar-refractivity contribution in [3.63, 3.8) is 0 Å². The number of benzene rings is 2. The molecule has 0 heteroatoms. The van der Waals surface area contributed by atoms with E-state index in [-0.39, 0.29) is 0 Å². The maximum Gasteiger partial charge on any atom is -0.00575 e. The number of fused-ring (bicyclic) bond motifs is 1. The molecule has 1 aliphatic rings. The largest absolute Gasteiger partial charge is 0.0649 e. The molecule has 0 bridgehead atoms. The third kappa shape index (κ3) is 3.89. The summed E-state index contributed by atoms with van der Waals surface area (Å²) in [6.45, 7) is 13.8. The van der Waals surface area contributed by atoms with E-state index in [4.69, 9.17) is 0 Å². The first kappa shape index (κ1) is 18.0. The van der Waals surface area contributed by atoms with Crippen molar-refractivity contribution in [2.45, 2.75) is 66.2 Å². The summed E-state index contributed by atoms with van der Waals surface area (Å²) in [5.74, 6) is 1.84. The van der Waals surface area contributed by atoms with Gasteiger partial charge in [-0.25, -0.2) is 0 Å². The average Bonchev–Trinajstić information content (AvgIpc) is 2.95. The van der Waals surface area contributed by atoms with Gasteiger partial charge in [0.25, 0.3) is 0 Å². The summed E-state index contributed by atoms with van der Waals surface area (Å²) in [5, 5.41) is 0. The van der Waals surface area contributed by atoms with Gasteiger partial charge in [-0.05, 0) is 64.0 Å². The lowest BCUT2D eigenvalue weighted by Gasteiger charge is -2.16. The molecule has 0 aliphatic heterocycles. The predicted molar refractivity (Wildman–Crippen MR) is 111 cm³/mol. The molecule has 0 radical (unpaired) electrons. The van der Waals surface area contributed by atoms with Crippen LogP contribution in [0.15, 0.2) is 42.0 Å². The van der Waals surface area contributed by atoms with Gasteiger partial charge in [-0.2, -0.15) is 0 Å². The lowest BCUT2D eigenvalue weighted by molar-refractivity contribution is 0.638. The van der Waals surface area contributed by atoms with Gasteiger partial charge in [0.15, 0.2) is 0 Å². The molecule has 0 atom stereocenters. The van der Waals surface area contributed by atoms with Crippen molar-refractivity contribution in [1.82, 2.24) is 0 Å². The fourth-order valence-electron chi connectivity index (χ4n) is 3.84. The van der Waals surface area contributed by atoms with Crippen molar-refractivity contribution in [3.8, 4) is 11.1 Å². The second kappa shape index (κ2) is 7.20. The molecule has 0 amide bonds. The van der Waals surface area contributed by atoms with Crippen LogP contribution < -0.4 is 0 Å². The Morgan fingerprint density at radius 3 is 2.04 bits per heavy atom. The lowest BCUT2D eigenvalue weighted by atomic mass is 9.89. The van der Waals surface area contributed by atoms with Gasteiger partial charge in [-0.15, -0.1) is 0 Å². The minimum Gasteiger partial charge on any atom is -0.0649 e. The molecule has 0 spiro atoms. The minimum atomic E-state index is 0.557. The number of hydrogen-bond acceptors (Lipinski definition) is 0. The van der Waals surface area contributed by atoms with Gasteiger partial charge in [-0.3, -0.25) is 0 Å².